The van der Waals surface area contributed by atoms with Gasteiger partial charge in [0.1, 0.15) is 0 Å². The summed E-state index contributed by atoms with van der Waals surface area (Å²) >= 11 is 6.92. The van der Waals surface area contributed by atoms with Crippen LogP contribution in [0.15, 0.2) is 29.2 Å². The average Bonchev–Trinajstić information content (AvgIpc) is 3.10. The highest BCUT2D eigenvalue weighted by atomic mass is 35.5. The van der Waals surface area contributed by atoms with Gasteiger partial charge in [0.25, 0.3) is 11.1 Å². The molecule has 152 valence electrons. The standard InChI is InChI=1S/C21H21ClN2O4S/c1-5-11(2)24-19(25)18(29-21(24)28)9-14-8-12(3)23(13(14)4)15-6-7-17(22)16(10-15)20(26)27/h6-11H,5H2,1-4H3,(H,26,27)/b18-9+/t11-/m0/s1. The number of thioether (sulfide) groups is 1. The van der Waals surface area contributed by atoms with Crippen molar-refractivity contribution < 1.29 is 19.5 Å². The molecule has 29 heavy (non-hydrogen) atoms. The number of carboxylic acid groups (broad SMARTS) is 1. The van der Waals surface area contributed by atoms with Crippen LogP contribution in [0.25, 0.3) is 11.8 Å². The Morgan fingerprint density at radius 1 is 1.28 bits per heavy atom. The third-order valence-corrected chi connectivity index (χ3v) is 6.26. The highest BCUT2D eigenvalue weighted by molar-refractivity contribution is 8.18. The van der Waals surface area contributed by atoms with Gasteiger partial charge in [-0.3, -0.25) is 14.5 Å². The highest BCUT2D eigenvalue weighted by Gasteiger charge is 2.37. The first-order valence-corrected chi connectivity index (χ1v) is 10.3. The maximum absolute atomic E-state index is 12.7. The maximum atomic E-state index is 12.7. The van der Waals surface area contributed by atoms with Crippen molar-refractivity contribution in [3.05, 3.63) is 56.7 Å². The Morgan fingerprint density at radius 2 is 1.97 bits per heavy atom. The number of nitrogens with zero attached hydrogens (tertiary/aromatic N) is 2. The van der Waals surface area contributed by atoms with Crippen molar-refractivity contribution in [2.24, 2.45) is 0 Å². The number of hydrogen-bond donors (Lipinski definition) is 1. The number of aromatic carboxylic acids is 1. The molecule has 3 rings (SSSR count). The molecule has 6 nitrogen and oxygen atoms in total. The zero-order chi connectivity index (χ0) is 21.5. The monoisotopic (exact) mass is 432 g/mol. The first kappa shape index (κ1) is 21.2. The quantitative estimate of drug-likeness (QED) is 0.650. The molecule has 0 radical (unpaired) electrons. The predicted molar refractivity (Wildman–Crippen MR) is 115 cm³/mol. The zero-order valence-electron chi connectivity index (χ0n) is 16.5. The van der Waals surface area contributed by atoms with Gasteiger partial charge in [-0.1, -0.05) is 18.5 Å². The minimum absolute atomic E-state index is 0.0212. The van der Waals surface area contributed by atoms with Crippen LogP contribution >= 0.6 is 23.4 Å². The third kappa shape index (κ3) is 3.84. The lowest BCUT2D eigenvalue weighted by Gasteiger charge is -2.19. The van der Waals surface area contributed by atoms with E-state index in [1.165, 1.54) is 11.0 Å². The summed E-state index contributed by atoms with van der Waals surface area (Å²) in [6.45, 7) is 7.56. The number of carbonyl (C=O) groups is 3. The zero-order valence-corrected chi connectivity index (χ0v) is 18.1. The molecule has 1 saturated heterocycles. The summed E-state index contributed by atoms with van der Waals surface area (Å²) in [5.41, 5.74) is 3.18. The van der Waals surface area contributed by atoms with E-state index in [1.54, 1.807) is 18.2 Å². The Morgan fingerprint density at radius 3 is 2.59 bits per heavy atom. The fourth-order valence-corrected chi connectivity index (χ4v) is 4.45. The lowest BCUT2D eigenvalue weighted by atomic mass is 10.2. The van der Waals surface area contributed by atoms with Crippen LogP contribution in [0.1, 0.15) is 47.6 Å². The van der Waals surface area contributed by atoms with Crippen molar-refractivity contribution in [2.45, 2.75) is 40.2 Å². The van der Waals surface area contributed by atoms with E-state index in [1.807, 2.05) is 38.3 Å². The molecule has 1 aliphatic heterocycles. The molecular weight excluding hydrogens is 412 g/mol. The molecule has 1 aliphatic rings. The number of imide groups is 1. The van der Waals surface area contributed by atoms with Crippen molar-refractivity contribution in [3.63, 3.8) is 0 Å². The molecule has 0 bridgehead atoms. The van der Waals surface area contributed by atoms with Crippen LogP contribution in [0.4, 0.5) is 4.79 Å². The van der Waals surface area contributed by atoms with Crippen molar-refractivity contribution in [1.82, 2.24) is 9.47 Å². The number of amides is 2. The maximum Gasteiger partial charge on any atom is 0.337 e. The molecule has 1 N–H and O–H groups in total. The molecule has 0 saturated carbocycles. The number of aryl methyl sites for hydroxylation is 1. The highest BCUT2D eigenvalue weighted by Crippen LogP contribution is 2.35. The second-order valence-corrected chi connectivity index (χ2v) is 8.34. The average molecular weight is 433 g/mol. The van der Waals surface area contributed by atoms with E-state index in [0.717, 1.165) is 28.7 Å². The van der Waals surface area contributed by atoms with Crippen molar-refractivity contribution in [1.29, 1.82) is 0 Å². The van der Waals surface area contributed by atoms with E-state index in [0.29, 0.717) is 17.0 Å². The van der Waals surface area contributed by atoms with Gasteiger partial charge in [-0.2, -0.15) is 0 Å². The van der Waals surface area contributed by atoms with E-state index >= 15 is 0 Å². The van der Waals surface area contributed by atoms with Crippen LogP contribution in [-0.4, -0.2) is 37.7 Å². The number of hydrogen-bond acceptors (Lipinski definition) is 4. The Labute approximate surface area is 178 Å². The Kier molecular flexibility index (Phi) is 5.91. The first-order chi connectivity index (χ1) is 13.6. The van der Waals surface area contributed by atoms with Crippen LogP contribution in [0, 0.1) is 13.8 Å². The number of carboxylic acids is 1. The van der Waals surface area contributed by atoms with Gasteiger partial charge in [0, 0.05) is 23.1 Å². The normalized spacial score (nSPS) is 16.7. The van der Waals surface area contributed by atoms with Gasteiger partial charge in [-0.25, -0.2) is 4.79 Å². The SMILES string of the molecule is CC[C@H](C)N1C(=O)S/C(=C/c2cc(C)n(-c3ccc(Cl)c(C(=O)O)c3)c2C)C1=O. The van der Waals surface area contributed by atoms with Gasteiger partial charge in [-0.05, 0) is 74.9 Å². The van der Waals surface area contributed by atoms with Crippen LogP contribution in [0.3, 0.4) is 0 Å². The van der Waals surface area contributed by atoms with Gasteiger partial charge in [-0.15, -0.1) is 0 Å². The number of aromatic nitrogens is 1. The van der Waals surface area contributed by atoms with Crippen molar-refractivity contribution in [2.75, 3.05) is 0 Å². The van der Waals surface area contributed by atoms with Crippen LogP contribution < -0.4 is 0 Å². The van der Waals surface area contributed by atoms with E-state index in [9.17, 15) is 19.5 Å². The van der Waals surface area contributed by atoms with E-state index in [2.05, 4.69) is 0 Å². The molecule has 0 unspecified atom stereocenters. The summed E-state index contributed by atoms with van der Waals surface area (Å²) in [5.74, 6) is -1.38. The first-order valence-electron chi connectivity index (χ1n) is 9.14. The molecular formula is C21H21ClN2O4S. The van der Waals surface area contributed by atoms with Crippen LogP contribution in [-0.2, 0) is 4.79 Å². The molecule has 1 aromatic heterocycles. The van der Waals surface area contributed by atoms with Gasteiger partial charge in [0.15, 0.2) is 0 Å². The summed E-state index contributed by atoms with van der Waals surface area (Å²) in [7, 11) is 0. The Bertz CT molecular complexity index is 1060. The molecule has 0 aliphatic carbocycles. The van der Waals surface area contributed by atoms with Gasteiger partial charge in [0.2, 0.25) is 0 Å². The van der Waals surface area contributed by atoms with E-state index < -0.39 is 5.97 Å². The van der Waals surface area contributed by atoms with Gasteiger partial charge < -0.3 is 9.67 Å². The Hall–Kier alpha value is -2.51. The summed E-state index contributed by atoms with van der Waals surface area (Å²) < 4.78 is 1.90. The van der Waals surface area contributed by atoms with E-state index in [-0.39, 0.29) is 27.8 Å². The summed E-state index contributed by atoms with van der Waals surface area (Å²) in [4.78, 5) is 38.0. The fourth-order valence-electron chi connectivity index (χ4n) is 3.33. The van der Waals surface area contributed by atoms with Crippen molar-refractivity contribution >= 4 is 46.6 Å². The minimum atomic E-state index is -1.10. The predicted octanol–water partition coefficient (Wildman–Crippen LogP) is 5.28. The van der Waals surface area contributed by atoms with Crippen LogP contribution in [0.2, 0.25) is 5.02 Å². The van der Waals surface area contributed by atoms with Gasteiger partial charge >= 0.3 is 5.97 Å². The van der Waals surface area contributed by atoms with Gasteiger partial charge in [0.05, 0.1) is 15.5 Å². The van der Waals surface area contributed by atoms with Crippen molar-refractivity contribution in [3.8, 4) is 5.69 Å². The molecule has 2 aromatic rings. The molecule has 0 spiro atoms. The molecule has 2 heterocycles. The topological polar surface area (TPSA) is 79.6 Å². The summed E-state index contributed by atoms with van der Waals surface area (Å²) in [5, 5.41) is 9.25. The number of halogens is 1. The molecule has 2 amide bonds. The number of carbonyl (C=O) groups excluding carboxylic acids is 2. The Balaban J connectivity index is 2.02. The summed E-state index contributed by atoms with van der Waals surface area (Å²) in [6, 6.07) is 6.57. The molecule has 1 fully saturated rings. The number of rotatable bonds is 5. The summed E-state index contributed by atoms with van der Waals surface area (Å²) in [6.07, 6.45) is 2.42. The van der Waals surface area contributed by atoms with E-state index in [4.69, 9.17) is 11.6 Å². The molecule has 1 aromatic carbocycles. The van der Waals surface area contributed by atoms with Crippen LogP contribution in [0.5, 0.6) is 0 Å². The second kappa shape index (κ2) is 8.08. The smallest absolute Gasteiger partial charge is 0.337 e. The fraction of sp³-hybridized carbons (Fsp3) is 0.286. The number of benzene rings is 1. The molecule has 1 atom stereocenters. The lowest BCUT2D eigenvalue weighted by molar-refractivity contribution is -0.124. The molecule has 8 heteroatoms. The largest absolute Gasteiger partial charge is 0.478 e. The third-order valence-electron chi connectivity index (χ3n) is 5.05. The lowest BCUT2D eigenvalue weighted by Crippen LogP contribution is -2.36. The second-order valence-electron chi connectivity index (χ2n) is 6.94. The minimum Gasteiger partial charge on any atom is -0.478 e.